The van der Waals surface area contributed by atoms with Gasteiger partial charge in [0.15, 0.2) is 11.5 Å². The topological polar surface area (TPSA) is 52.3 Å². The number of hydrogen-bond donors (Lipinski definition) is 0. The quantitative estimate of drug-likeness (QED) is 0.565. The van der Waals surface area contributed by atoms with Crippen LogP contribution in [-0.4, -0.2) is 26.7 Å². The van der Waals surface area contributed by atoms with Crippen molar-refractivity contribution in [3.63, 3.8) is 0 Å². The average molecular weight is 276 g/mol. The largest absolute Gasteiger partial charge is 0.496 e. The van der Waals surface area contributed by atoms with E-state index in [0.29, 0.717) is 5.82 Å². The molecule has 0 bridgehead atoms. The number of fused-ring (bicyclic) bond motifs is 3. The van der Waals surface area contributed by atoms with Gasteiger partial charge in [-0.2, -0.15) is 0 Å². The number of methoxy groups -OCH3 is 1. The van der Waals surface area contributed by atoms with E-state index in [0.717, 1.165) is 27.9 Å². The van der Waals surface area contributed by atoms with Crippen molar-refractivity contribution in [1.29, 1.82) is 0 Å². The van der Waals surface area contributed by atoms with Gasteiger partial charge < -0.3 is 4.74 Å². The van der Waals surface area contributed by atoms with Crippen LogP contribution in [0.2, 0.25) is 0 Å². The molecule has 21 heavy (non-hydrogen) atoms. The normalized spacial score (nSPS) is 11.1. The van der Waals surface area contributed by atoms with Crippen molar-refractivity contribution in [2.45, 2.75) is 0 Å². The Kier molecular flexibility index (Phi) is 2.57. The molecule has 2 heterocycles. The van der Waals surface area contributed by atoms with E-state index in [-0.39, 0.29) is 0 Å². The number of benzene rings is 2. The van der Waals surface area contributed by atoms with Gasteiger partial charge in [-0.05, 0) is 24.3 Å². The molecule has 0 spiro atoms. The lowest BCUT2D eigenvalue weighted by Gasteiger charge is -2.03. The van der Waals surface area contributed by atoms with Crippen molar-refractivity contribution in [1.82, 2.24) is 19.6 Å². The van der Waals surface area contributed by atoms with Gasteiger partial charge in [-0.15, -0.1) is 5.10 Å². The minimum absolute atomic E-state index is 0.630. The van der Waals surface area contributed by atoms with Crippen LogP contribution >= 0.6 is 0 Å². The van der Waals surface area contributed by atoms with E-state index in [1.54, 1.807) is 18.0 Å². The fraction of sp³-hybridized carbons (Fsp3) is 0.0625. The number of aromatic nitrogens is 4. The van der Waals surface area contributed by atoms with Crippen LogP contribution in [-0.2, 0) is 0 Å². The molecular formula is C16H12N4O. The molecule has 0 N–H and O–H groups in total. The lowest BCUT2D eigenvalue weighted by atomic mass is 10.2. The number of para-hydroxylation sites is 2. The minimum Gasteiger partial charge on any atom is -0.496 e. The Morgan fingerprint density at radius 2 is 1.81 bits per heavy atom. The summed E-state index contributed by atoms with van der Waals surface area (Å²) in [7, 11) is 1.64. The summed E-state index contributed by atoms with van der Waals surface area (Å²) in [6.07, 6.45) is 1.68. The van der Waals surface area contributed by atoms with E-state index in [1.165, 1.54) is 0 Å². The average Bonchev–Trinajstić information content (AvgIpc) is 2.99. The Bertz CT molecular complexity index is 945. The van der Waals surface area contributed by atoms with Crippen LogP contribution in [0.1, 0.15) is 0 Å². The first kappa shape index (κ1) is 11.8. The summed E-state index contributed by atoms with van der Waals surface area (Å²) in [5.41, 5.74) is 2.57. The van der Waals surface area contributed by atoms with Crippen molar-refractivity contribution >= 4 is 16.6 Å². The van der Waals surface area contributed by atoms with Crippen molar-refractivity contribution in [3.05, 3.63) is 54.9 Å². The van der Waals surface area contributed by atoms with Crippen LogP contribution < -0.4 is 4.74 Å². The number of nitrogens with zero attached hydrogens (tertiary/aromatic N) is 4. The zero-order chi connectivity index (χ0) is 14.2. The molecule has 0 saturated carbocycles. The summed E-state index contributed by atoms with van der Waals surface area (Å²) in [6.45, 7) is 0. The summed E-state index contributed by atoms with van der Waals surface area (Å²) < 4.78 is 7.08. The molecule has 0 atom stereocenters. The van der Waals surface area contributed by atoms with Gasteiger partial charge in [0, 0.05) is 5.39 Å². The molecule has 0 fully saturated rings. The fourth-order valence-corrected chi connectivity index (χ4v) is 2.42. The van der Waals surface area contributed by atoms with E-state index in [4.69, 9.17) is 4.74 Å². The molecule has 4 rings (SSSR count). The zero-order valence-corrected chi connectivity index (χ0v) is 11.4. The van der Waals surface area contributed by atoms with Gasteiger partial charge in [0.1, 0.15) is 12.1 Å². The molecule has 4 aromatic rings. The first-order chi connectivity index (χ1) is 10.4. The van der Waals surface area contributed by atoms with E-state index < -0.39 is 0 Å². The molecule has 0 amide bonds. The van der Waals surface area contributed by atoms with Gasteiger partial charge in [0.25, 0.3) is 0 Å². The van der Waals surface area contributed by atoms with Gasteiger partial charge in [0.2, 0.25) is 0 Å². The summed E-state index contributed by atoms with van der Waals surface area (Å²) in [4.78, 5) is 9.04. The molecule has 2 aromatic carbocycles. The molecule has 0 aliphatic rings. The molecule has 0 aliphatic carbocycles. The van der Waals surface area contributed by atoms with Crippen molar-refractivity contribution in [2.24, 2.45) is 0 Å². The van der Waals surface area contributed by atoms with Crippen molar-refractivity contribution < 1.29 is 4.74 Å². The SMILES string of the molecule is COc1ccccc1-c1nc2c3ccccc3ncn2n1. The van der Waals surface area contributed by atoms with Crippen molar-refractivity contribution in [2.75, 3.05) is 7.11 Å². The second-order valence-electron chi connectivity index (χ2n) is 4.67. The highest BCUT2D eigenvalue weighted by Crippen LogP contribution is 2.28. The molecule has 0 aliphatic heterocycles. The number of hydrogen-bond acceptors (Lipinski definition) is 4. The first-order valence-electron chi connectivity index (χ1n) is 6.60. The molecule has 102 valence electrons. The third kappa shape index (κ3) is 1.82. The predicted octanol–water partition coefficient (Wildman–Crippen LogP) is 2.95. The Hall–Kier alpha value is -2.95. The minimum atomic E-state index is 0.630. The first-order valence-corrected chi connectivity index (χ1v) is 6.60. The number of ether oxygens (including phenoxy) is 1. The van der Waals surface area contributed by atoms with Crippen LogP contribution in [0.5, 0.6) is 5.75 Å². The lowest BCUT2D eigenvalue weighted by Crippen LogP contribution is -1.91. The Labute approximate surface area is 120 Å². The Morgan fingerprint density at radius 1 is 1.00 bits per heavy atom. The van der Waals surface area contributed by atoms with Crippen LogP contribution in [0.15, 0.2) is 54.9 Å². The maximum absolute atomic E-state index is 5.38. The highest BCUT2D eigenvalue weighted by Gasteiger charge is 2.12. The van der Waals surface area contributed by atoms with Crippen LogP contribution in [0.25, 0.3) is 27.9 Å². The molecule has 0 saturated heterocycles. The van der Waals surface area contributed by atoms with Crippen LogP contribution in [0, 0.1) is 0 Å². The Morgan fingerprint density at radius 3 is 2.71 bits per heavy atom. The van der Waals surface area contributed by atoms with Gasteiger partial charge >= 0.3 is 0 Å². The maximum atomic E-state index is 5.38. The molecule has 5 nitrogen and oxygen atoms in total. The second kappa shape index (κ2) is 4.56. The summed E-state index contributed by atoms with van der Waals surface area (Å²) >= 11 is 0. The fourth-order valence-electron chi connectivity index (χ4n) is 2.42. The highest BCUT2D eigenvalue weighted by molar-refractivity contribution is 5.91. The second-order valence-corrected chi connectivity index (χ2v) is 4.67. The zero-order valence-electron chi connectivity index (χ0n) is 11.4. The van der Waals surface area contributed by atoms with Crippen LogP contribution in [0.3, 0.4) is 0 Å². The van der Waals surface area contributed by atoms with Gasteiger partial charge in [-0.25, -0.2) is 14.5 Å². The van der Waals surface area contributed by atoms with E-state index >= 15 is 0 Å². The molecule has 0 unspecified atom stereocenters. The van der Waals surface area contributed by atoms with Crippen molar-refractivity contribution in [3.8, 4) is 17.1 Å². The third-order valence-corrected chi connectivity index (χ3v) is 3.43. The van der Waals surface area contributed by atoms with Gasteiger partial charge in [-0.3, -0.25) is 0 Å². The molecule has 2 aromatic heterocycles. The smallest absolute Gasteiger partial charge is 0.185 e. The van der Waals surface area contributed by atoms with Gasteiger partial charge in [0.05, 0.1) is 18.2 Å². The monoisotopic (exact) mass is 276 g/mol. The number of rotatable bonds is 2. The Balaban J connectivity index is 2.01. The summed E-state index contributed by atoms with van der Waals surface area (Å²) in [5, 5.41) is 5.48. The highest BCUT2D eigenvalue weighted by atomic mass is 16.5. The molecule has 5 heteroatoms. The van der Waals surface area contributed by atoms with E-state index in [9.17, 15) is 0 Å². The van der Waals surface area contributed by atoms with Gasteiger partial charge in [-0.1, -0.05) is 24.3 Å². The van der Waals surface area contributed by atoms with E-state index in [1.807, 2.05) is 48.5 Å². The summed E-state index contributed by atoms with van der Waals surface area (Å²) in [6, 6.07) is 15.6. The van der Waals surface area contributed by atoms with E-state index in [2.05, 4.69) is 15.1 Å². The molecular weight excluding hydrogens is 264 g/mol. The molecule has 0 radical (unpaired) electrons. The lowest BCUT2D eigenvalue weighted by molar-refractivity contribution is 0.416. The maximum Gasteiger partial charge on any atom is 0.185 e. The van der Waals surface area contributed by atoms with Crippen LogP contribution in [0.4, 0.5) is 0 Å². The predicted molar refractivity (Wildman–Crippen MR) is 80.3 cm³/mol. The third-order valence-electron chi connectivity index (χ3n) is 3.43. The standard InChI is InChI=1S/C16H12N4O/c1-21-14-9-5-3-7-12(14)15-18-16-11-6-2-4-8-13(11)17-10-20(16)19-15/h2-10H,1H3. The summed E-state index contributed by atoms with van der Waals surface area (Å²) in [5.74, 6) is 1.39.